The molecular formula is C75H74N14O13. The summed E-state index contributed by atoms with van der Waals surface area (Å²) in [6, 6.07) is 64.4. The van der Waals surface area contributed by atoms with Crippen LogP contribution in [0.25, 0.3) is 11.1 Å². The Morgan fingerprint density at radius 1 is 0.480 bits per heavy atom. The lowest BCUT2D eigenvalue weighted by Crippen LogP contribution is -2.51. The zero-order valence-electron chi connectivity index (χ0n) is 55.5. The molecule has 2 unspecified atom stereocenters. The number of carboxylic acids is 1. The number of urea groups is 2. The zero-order chi connectivity index (χ0) is 72.3. The van der Waals surface area contributed by atoms with E-state index in [0.29, 0.717) is 46.8 Å². The van der Waals surface area contributed by atoms with Crippen LogP contribution in [0, 0.1) is 0 Å². The summed E-state index contributed by atoms with van der Waals surface area (Å²) >= 11 is 0. The zero-order valence-corrected chi connectivity index (χ0v) is 55.5. The quantitative estimate of drug-likeness (QED) is 0.0174. The third-order valence-corrected chi connectivity index (χ3v) is 15.8. The van der Waals surface area contributed by atoms with Gasteiger partial charge in [-0.1, -0.05) is 220 Å². The highest BCUT2D eigenvalue weighted by Gasteiger charge is 2.37. The molecule has 4 atom stereocenters. The van der Waals surface area contributed by atoms with E-state index in [1.54, 1.807) is 60.7 Å². The van der Waals surface area contributed by atoms with Gasteiger partial charge in [-0.25, -0.2) is 44.8 Å². The average molecular weight is 1380 g/mol. The average Bonchev–Trinajstić information content (AvgIpc) is 1.63. The summed E-state index contributed by atoms with van der Waals surface area (Å²) in [4.78, 5) is 123. The van der Waals surface area contributed by atoms with Gasteiger partial charge in [0.25, 0.3) is 11.8 Å². The molecule has 11 N–H and O–H groups in total. The number of primary amides is 2. The van der Waals surface area contributed by atoms with Gasteiger partial charge >= 0.3 is 36.3 Å². The van der Waals surface area contributed by atoms with Gasteiger partial charge in [-0.3, -0.25) is 39.6 Å². The van der Waals surface area contributed by atoms with E-state index >= 15 is 0 Å². The van der Waals surface area contributed by atoms with Gasteiger partial charge < -0.3 is 41.4 Å². The molecule has 2 heterocycles. The second-order valence-electron chi connectivity index (χ2n) is 22.8. The fourth-order valence-electron chi connectivity index (χ4n) is 11.0. The number of hydrogen-bond acceptors (Lipinski definition) is 16. The second-order valence-corrected chi connectivity index (χ2v) is 22.8. The van der Waals surface area contributed by atoms with E-state index in [-0.39, 0.29) is 38.3 Å². The number of anilines is 2. The SMILES string of the molecule is CC[C@@H](/C=N/NC(N)=O)NC(=O)CN1C(=O)C(NC(=O)OCc2ccccc2)N=C(c2ccccc2)c2ccccc21.CC[C@@H](/C=N/NC(N)=O)NC(=O)OCC1c2ccccc2-c2ccccc21.O=C(O)CN1C(=O)C(NC(=O)OCc2ccccc2)N=C(c2ccccc2)c2ccccc21. The molecular weight excluding hydrogens is 1300 g/mol. The van der Waals surface area contributed by atoms with Crippen molar-refractivity contribution in [2.75, 3.05) is 29.5 Å². The monoisotopic (exact) mass is 1380 g/mol. The number of amides is 10. The van der Waals surface area contributed by atoms with E-state index in [1.165, 1.54) is 28.5 Å². The van der Waals surface area contributed by atoms with Gasteiger partial charge in [0, 0.05) is 40.6 Å². The third-order valence-electron chi connectivity index (χ3n) is 15.8. The number of carbonyl (C=O) groups excluding carboxylic acids is 8. The molecule has 27 heteroatoms. The maximum atomic E-state index is 13.9. The van der Waals surface area contributed by atoms with Crippen molar-refractivity contribution in [1.82, 2.24) is 32.1 Å². The summed E-state index contributed by atoms with van der Waals surface area (Å²) in [5.74, 6) is -2.98. The minimum atomic E-state index is -1.38. The summed E-state index contributed by atoms with van der Waals surface area (Å²) in [5, 5.41) is 27.3. The van der Waals surface area contributed by atoms with Crippen molar-refractivity contribution in [2.45, 2.75) is 70.2 Å². The van der Waals surface area contributed by atoms with Crippen LogP contribution in [0.3, 0.4) is 0 Å². The van der Waals surface area contributed by atoms with Gasteiger partial charge in [-0.2, -0.15) is 10.2 Å². The standard InChI is InChI=1S/C30H31N7O5.C25H21N3O5.C20H22N4O3/c1-2-22(17-32-36-29(31)40)33-25(38)18-37-24-16-10-9-15-23(24)26(21-13-7-4-8-14-21)34-27(28(37)39)35-30(41)42-19-20-11-5-3-6-12-20;29-21(30)15-28-20-14-8-7-13-19(20)22(18-11-5-2-6-12-18)26-23(24(28)31)27-25(32)33-16-17-9-3-1-4-10-17;1-2-13(11-22-24-19(21)25)23-20(26)27-12-18-16-9-5-3-7-14(16)15-8-4-6-10-17(15)18/h3-17,22,27H,2,18-19H2,1H3,(H,33,38)(H,35,41)(H3,31,36,40);1-14,23H,15-16H2,(H,27,32)(H,29,30);3-11,13,18H,2,12H2,1H3,(H,23,26)(H3,21,24,25)/b32-17+;;22-11+/t22-,27?;;13-/m0.0/s1. The predicted molar refractivity (Wildman–Crippen MR) is 383 cm³/mol. The van der Waals surface area contributed by atoms with E-state index in [1.807, 2.05) is 147 Å². The topological polar surface area (TPSA) is 382 Å². The summed E-state index contributed by atoms with van der Waals surface area (Å²) in [5.41, 5.74) is 24.8. The third kappa shape index (κ3) is 20.2. The van der Waals surface area contributed by atoms with E-state index in [0.717, 1.165) is 38.3 Å². The molecule has 0 radical (unpaired) electrons. The van der Waals surface area contributed by atoms with Crippen molar-refractivity contribution >= 4 is 89.3 Å². The Balaban J connectivity index is 0.000000182. The lowest BCUT2D eigenvalue weighted by atomic mass is 9.98. The normalized spacial score (nSPS) is 14.8. The van der Waals surface area contributed by atoms with Gasteiger partial charge in [-0.15, -0.1) is 0 Å². The largest absolute Gasteiger partial charge is 0.480 e. The van der Waals surface area contributed by atoms with E-state index in [4.69, 9.17) is 25.7 Å². The lowest BCUT2D eigenvalue weighted by molar-refractivity contribution is -0.136. The predicted octanol–water partition coefficient (Wildman–Crippen LogP) is 8.84. The molecule has 522 valence electrons. The van der Waals surface area contributed by atoms with E-state index in [2.05, 4.69) is 76.6 Å². The summed E-state index contributed by atoms with van der Waals surface area (Å²) in [6.07, 6.45) is -1.16. The Morgan fingerprint density at radius 3 is 1.26 bits per heavy atom. The molecule has 3 aliphatic rings. The number of carbonyl (C=O) groups is 9. The first-order valence-corrected chi connectivity index (χ1v) is 32.3. The lowest BCUT2D eigenvalue weighted by Gasteiger charge is -2.25. The molecule has 8 aromatic carbocycles. The Kier molecular flexibility index (Phi) is 26.0. The van der Waals surface area contributed by atoms with Crippen LogP contribution in [0.4, 0.5) is 35.3 Å². The van der Waals surface area contributed by atoms with Crippen LogP contribution < -0.4 is 53.4 Å². The molecule has 0 bridgehead atoms. The van der Waals surface area contributed by atoms with Crippen LogP contribution >= 0.6 is 0 Å². The Bertz CT molecular complexity index is 4360. The first-order chi connectivity index (χ1) is 49.5. The van der Waals surface area contributed by atoms with Crippen LogP contribution in [0.15, 0.2) is 239 Å². The highest BCUT2D eigenvalue weighted by atomic mass is 16.6. The molecule has 0 saturated carbocycles. The highest BCUT2D eigenvalue weighted by molar-refractivity contribution is 6.22. The van der Waals surface area contributed by atoms with Gasteiger partial charge in [0.2, 0.25) is 18.2 Å². The number of nitrogens with zero attached hydrogens (tertiary/aromatic N) is 6. The first kappa shape index (κ1) is 72.9. The minimum Gasteiger partial charge on any atom is -0.480 e. The van der Waals surface area contributed by atoms with Crippen LogP contribution in [0.2, 0.25) is 0 Å². The molecule has 8 aromatic rings. The number of hydrogen-bond donors (Lipinski definition) is 9. The number of benzodiazepines with no additional fused rings is 2. The maximum Gasteiger partial charge on any atom is 0.409 e. The van der Waals surface area contributed by atoms with Crippen LogP contribution in [-0.2, 0) is 46.6 Å². The molecule has 0 aromatic heterocycles. The Hall–Kier alpha value is -13.3. The van der Waals surface area contributed by atoms with Crippen LogP contribution in [0.5, 0.6) is 0 Å². The number of aliphatic imine (C=N–C) groups is 2. The molecule has 27 nitrogen and oxygen atoms in total. The number of alkyl carbamates (subject to hydrolysis) is 3. The molecule has 11 rings (SSSR count). The van der Waals surface area contributed by atoms with Crippen molar-refractivity contribution in [2.24, 2.45) is 31.7 Å². The van der Waals surface area contributed by atoms with Crippen LogP contribution in [-0.4, -0.2) is 127 Å². The minimum absolute atomic E-state index is 0.000242. The number of hydrazone groups is 2. The van der Waals surface area contributed by atoms with E-state index in [9.17, 15) is 48.3 Å². The number of aliphatic carboxylic acids is 1. The number of nitrogens with one attached hydrogen (secondary N) is 6. The molecule has 0 saturated heterocycles. The van der Waals surface area contributed by atoms with E-state index < -0.39 is 79.0 Å². The van der Waals surface area contributed by atoms with Crippen molar-refractivity contribution < 1.29 is 62.5 Å². The highest BCUT2D eigenvalue weighted by Crippen LogP contribution is 2.44. The fraction of sp³-hybridized carbons (Fsp3) is 0.187. The molecule has 0 fully saturated rings. The summed E-state index contributed by atoms with van der Waals surface area (Å²) < 4.78 is 16.1. The number of carboxylic acid groups (broad SMARTS) is 1. The maximum absolute atomic E-state index is 13.9. The molecule has 102 heavy (non-hydrogen) atoms. The van der Waals surface area contributed by atoms with Crippen molar-refractivity contribution in [3.8, 4) is 11.1 Å². The second kappa shape index (κ2) is 36.3. The van der Waals surface area contributed by atoms with Crippen molar-refractivity contribution in [3.63, 3.8) is 0 Å². The smallest absolute Gasteiger partial charge is 0.409 e. The van der Waals surface area contributed by atoms with Gasteiger partial charge in [0.15, 0.2) is 0 Å². The number of para-hydroxylation sites is 2. The number of ether oxygens (including phenoxy) is 3. The van der Waals surface area contributed by atoms with Gasteiger partial charge in [0.1, 0.15) is 32.9 Å². The van der Waals surface area contributed by atoms with Crippen molar-refractivity contribution in [1.29, 1.82) is 0 Å². The van der Waals surface area contributed by atoms with Crippen LogP contribution in [0.1, 0.15) is 77.1 Å². The first-order valence-electron chi connectivity index (χ1n) is 32.3. The summed E-state index contributed by atoms with van der Waals surface area (Å²) in [7, 11) is 0. The number of fused-ring (bicyclic) bond motifs is 5. The number of nitrogens with two attached hydrogens (primary N) is 2. The fourth-order valence-corrected chi connectivity index (χ4v) is 11.0. The molecule has 2 aliphatic heterocycles. The Morgan fingerprint density at radius 2 is 0.853 bits per heavy atom. The van der Waals surface area contributed by atoms with Gasteiger partial charge in [-0.05, 0) is 58.4 Å². The molecule has 10 amide bonds. The number of benzene rings is 8. The van der Waals surface area contributed by atoms with Crippen molar-refractivity contribution in [3.05, 3.63) is 263 Å². The Labute approximate surface area is 586 Å². The number of rotatable bonds is 22. The summed E-state index contributed by atoms with van der Waals surface area (Å²) in [6.45, 7) is 3.00. The van der Waals surface area contributed by atoms with Gasteiger partial charge in [0.05, 0.1) is 34.9 Å². The molecule has 0 spiro atoms. The molecule has 1 aliphatic carbocycles.